The molecule has 2 aromatic rings. The molecule has 1 aliphatic heterocycles. The number of nitrogens with zero attached hydrogens (tertiary/aromatic N) is 4. The van der Waals surface area contributed by atoms with E-state index in [0.717, 1.165) is 30.9 Å². The molecule has 1 unspecified atom stereocenters. The van der Waals surface area contributed by atoms with E-state index in [9.17, 15) is 4.79 Å². The highest BCUT2D eigenvalue weighted by Gasteiger charge is 2.29. The van der Waals surface area contributed by atoms with E-state index in [0.29, 0.717) is 12.6 Å². The molecule has 1 saturated heterocycles. The van der Waals surface area contributed by atoms with E-state index < -0.39 is 0 Å². The van der Waals surface area contributed by atoms with E-state index in [4.69, 9.17) is 0 Å². The van der Waals surface area contributed by atoms with Gasteiger partial charge in [-0.25, -0.2) is 9.97 Å². The molecular formula is C18H22N4O. The van der Waals surface area contributed by atoms with Crippen LogP contribution in [0.25, 0.3) is 0 Å². The molecule has 1 aromatic heterocycles. The molecular weight excluding hydrogens is 288 g/mol. The molecule has 0 spiro atoms. The number of hydrogen-bond acceptors (Lipinski definition) is 4. The summed E-state index contributed by atoms with van der Waals surface area (Å²) in [6, 6.07) is 9.97. The second-order valence-electron chi connectivity index (χ2n) is 6.14. The minimum absolute atomic E-state index is 0.122. The van der Waals surface area contributed by atoms with Crippen LogP contribution >= 0.6 is 0 Å². The van der Waals surface area contributed by atoms with Crippen LogP contribution in [0.1, 0.15) is 28.2 Å². The first-order valence-electron chi connectivity index (χ1n) is 7.95. The van der Waals surface area contributed by atoms with Crippen molar-refractivity contribution in [1.29, 1.82) is 0 Å². The van der Waals surface area contributed by atoms with Gasteiger partial charge in [-0.1, -0.05) is 17.7 Å². The van der Waals surface area contributed by atoms with Crippen molar-refractivity contribution in [2.45, 2.75) is 25.9 Å². The third-order valence-electron chi connectivity index (χ3n) is 4.38. The number of carbonyl (C=O) groups is 1. The molecule has 0 N–H and O–H groups in total. The van der Waals surface area contributed by atoms with Crippen molar-refractivity contribution in [2.24, 2.45) is 0 Å². The van der Waals surface area contributed by atoms with Crippen molar-refractivity contribution in [3.8, 4) is 0 Å². The van der Waals surface area contributed by atoms with Gasteiger partial charge in [-0.15, -0.1) is 0 Å². The molecule has 5 heteroatoms. The number of rotatable bonds is 4. The maximum atomic E-state index is 12.6. The Morgan fingerprint density at radius 1 is 1.26 bits per heavy atom. The van der Waals surface area contributed by atoms with Crippen molar-refractivity contribution >= 4 is 5.91 Å². The topological polar surface area (TPSA) is 49.3 Å². The molecule has 1 aromatic carbocycles. The van der Waals surface area contributed by atoms with Crippen LogP contribution in [-0.2, 0) is 6.54 Å². The molecule has 3 rings (SSSR count). The van der Waals surface area contributed by atoms with Crippen molar-refractivity contribution < 1.29 is 4.79 Å². The second-order valence-corrected chi connectivity index (χ2v) is 6.14. The van der Waals surface area contributed by atoms with Gasteiger partial charge in [-0.3, -0.25) is 9.69 Å². The zero-order valence-electron chi connectivity index (χ0n) is 13.6. The Labute approximate surface area is 137 Å². The predicted molar refractivity (Wildman–Crippen MR) is 89.0 cm³/mol. The van der Waals surface area contributed by atoms with Crippen LogP contribution in [0.3, 0.4) is 0 Å². The van der Waals surface area contributed by atoms with Gasteiger partial charge in [0.15, 0.2) is 0 Å². The van der Waals surface area contributed by atoms with Crippen LogP contribution < -0.4 is 0 Å². The van der Waals surface area contributed by atoms with E-state index >= 15 is 0 Å². The molecule has 0 saturated carbocycles. The second kappa shape index (κ2) is 6.87. The van der Waals surface area contributed by atoms with Gasteiger partial charge in [0.25, 0.3) is 5.91 Å². The average Bonchev–Trinajstić information content (AvgIpc) is 3.06. The number of likely N-dealkylation sites (tertiary alicyclic amines) is 1. The van der Waals surface area contributed by atoms with Gasteiger partial charge in [-0.05, 0) is 38.6 Å². The number of aromatic nitrogens is 2. The molecule has 0 bridgehead atoms. The first-order chi connectivity index (χ1) is 11.1. The molecule has 1 aliphatic rings. The van der Waals surface area contributed by atoms with Crippen molar-refractivity contribution in [2.75, 3.05) is 20.1 Å². The van der Waals surface area contributed by atoms with Crippen LogP contribution in [0.2, 0.25) is 0 Å². The molecule has 0 radical (unpaired) electrons. The van der Waals surface area contributed by atoms with Gasteiger partial charge in [0, 0.05) is 37.1 Å². The number of likely N-dealkylation sites (N-methyl/N-ethyl adjacent to an activating group) is 1. The Morgan fingerprint density at radius 3 is 2.65 bits per heavy atom. The lowest BCUT2D eigenvalue weighted by Gasteiger charge is -2.24. The lowest BCUT2D eigenvalue weighted by Crippen LogP contribution is -2.36. The van der Waals surface area contributed by atoms with E-state index in [1.807, 2.05) is 42.2 Å². The van der Waals surface area contributed by atoms with Crippen LogP contribution in [0.4, 0.5) is 0 Å². The lowest BCUT2D eigenvalue weighted by atomic mass is 10.1. The van der Waals surface area contributed by atoms with E-state index in [1.165, 1.54) is 5.56 Å². The normalized spacial score (nSPS) is 17.7. The quantitative estimate of drug-likeness (QED) is 0.868. The summed E-state index contributed by atoms with van der Waals surface area (Å²) >= 11 is 0. The Balaban J connectivity index is 1.59. The summed E-state index contributed by atoms with van der Waals surface area (Å²) in [4.78, 5) is 25.3. The number of amides is 1. The monoisotopic (exact) mass is 310 g/mol. The smallest absolute Gasteiger partial charge is 0.253 e. The molecule has 1 fully saturated rings. The standard InChI is InChI=1S/C18H22N4O/c1-14-4-6-15(7-5-14)18(23)22-11-8-16(12-22)21(2)13-17-19-9-3-10-20-17/h3-7,9-10,16H,8,11-13H2,1-2H3. The molecule has 23 heavy (non-hydrogen) atoms. The van der Waals surface area contributed by atoms with Crippen LogP contribution in [0, 0.1) is 6.92 Å². The first kappa shape index (κ1) is 15.6. The SMILES string of the molecule is Cc1ccc(C(=O)N2CCC(N(C)Cc3ncccn3)C2)cc1. The predicted octanol–water partition coefficient (Wildman–Crippen LogP) is 2.13. The third-order valence-corrected chi connectivity index (χ3v) is 4.38. The number of aryl methyl sites for hydroxylation is 1. The summed E-state index contributed by atoms with van der Waals surface area (Å²) in [6.07, 6.45) is 4.51. The number of benzene rings is 1. The lowest BCUT2D eigenvalue weighted by molar-refractivity contribution is 0.0779. The summed E-state index contributed by atoms with van der Waals surface area (Å²) in [5.41, 5.74) is 1.94. The number of hydrogen-bond donors (Lipinski definition) is 0. The molecule has 120 valence electrons. The van der Waals surface area contributed by atoms with Crippen molar-refractivity contribution in [3.05, 3.63) is 59.7 Å². The largest absolute Gasteiger partial charge is 0.337 e. The minimum Gasteiger partial charge on any atom is -0.337 e. The fourth-order valence-corrected chi connectivity index (χ4v) is 2.93. The fraction of sp³-hybridized carbons (Fsp3) is 0.389. The van der Waals surface area contributed by atoms with E-state index in [2.05, 4.69) is 21.9 Å². The Morgan fingerprint density at radius 2 is 1.96 bits per heavy atom. The molecule has 2 heterocycles. The third kappa shape index (κ3) is 3.74. The molecule has 1 atom stereocenters. The van der Waals surface area contributed by atoms with Gasteiger partial charge in [0.05, 0.1) is 6.54 Å². The molecule has 1 amide bonds. The maximum absolute atomic E-state index is 12.6. The van der Waals surface area contributed by atoms with Gasteiger partial charge < -0.3 is 4.90 Å². The number of carbonyl (C=O) groups excluding carboxylic acids is 1. The Kier molecular flexibility index (Phi) is 4.67. The van der Waals surface area contributed by atoms with E-state index in [1.54, 1.807) is 12.4 Å². The summed E-state index contributed by atoms with van der Waals surface area (Å²) in [7, 11) is 2.07. The summed E-state index contributed by atoms with van der Waals surface area (Å²) in [5.74, 6) is 0.940. The highest BCUT2D eigenvalue weighted by molar-refractivity contribution is 5.94. The average molecular weight is 310 g/mol. The summed E-state index contributed by atoms with van der Waals surface area (Å²) in [6.45, 7) is 4.30. The highest BCUT2D eigenvalue weighted by atomic mass is 16.2. The fourth-order valence-electron chi connectivity index (χ4n) is 2.93. The van der Waals surface area contributed by atoms with Gasteiger partial charge in [0.1, 0.15) is 5.82 Å². The summed E-state index contributed by atoms with van der Waals surface area (Å²) < 4.78 is 0. The highest BCUT2D eigenvalue weighted by Crippen LogP contribution is 2.18. The zero-order valence-corrected chi connectivity index (χ0v) is 13.6. The Hall–Kier alpha value is -2.27. The van der Waals surface area contributed by atoms with Gasteiger partial charge >= 0.3 is 0 Å². The van der Waals surface area contributed by atoms with Gasteiger partial charge in [0.2, 0.25) is 0 Å². The maximum Gasteiger partial charge on any atom is 0.253 e. The zero-order chi connectivity index (χ0) is 16.2. The van der Waals surface area contributed by atoms with Gasteiger partial charge in [-0.2, -0.15) is 0 Å². The van der Waals surface area contributed by atoms with Crippen LogP contribution in [0.5, 0.6) is 0 Å². The molecule has 0 aliphatic carbocycles. The summed E-state index contributed by atoms with van der Waals surface area (Å²) in [5, 5.41) is 0. The van der Waals surface area contributed by atoms with Crippen molar-refractivity contribution in [1.82, 2.24) is 19.8 Å². The van der Waals surface area contributed by atoms with Crippen molar-refractivity contribution in [3.63, 3.8) is 0 Å². The minimum atomic E-state index is 0.122. The Bertz CT molecular complexity index is 656. The van der Waals surface area contributed by atoms with Crippen LogP contribution in [-0.4, -0.2) is 51.9 Å². The molecule has 5 nitrogen and oxygen atoms in total. The first-order valence-corrected chi connectivity index (χ1v) is 7.95. The van der Waals surface area contributed by atoms with Crippen LogP contribution in [0.15, 0.2) is 42.7 Å². The van der Waals surface area contributed by atoms with E-state index in [-0.39, 0.29) is 5.91 Å².